The molecular weight excluding hydrogens is 388 g/mol. The molecule has 0 fully saturated rings. The van der Waals surface area contributed by atoms with E-state index in [-0.39, 0.29) is 17.3 Å². The minimum Gasteiger partial charge on any atom is -0.508 e. The van der Waals surface area contributed by atoms with Gasteiger partial charge in [0.2, 0.25) is 0 Å². The molecule has 0 aliphatic carbocycles. The number of aliphatic hydroxyl groups is 1. The van der Waals surface area contributed by atoms with E-state index in [2.05, 4.69) is 19.9 Å². The maximum absolute atomic E-state index is 12.2. The molecule has 1 aromatic rings. The minimum atomic E-state index is -0.981. The average molecular weight is 429 g/mol. The number of phenols is 1. The Hall–Kier alpha value is -2.07. The molecule has 3 atom stereocenters. The summed E-state index contributed by atoms with van der Waals surface area (Å²) in [6.07, 6.45) is 9.43. The van der Waals surface area contributed by atoms with Crippen molar-refractivity contribution in [3.05, 3.63) is 46.6 Å². The number of fused-ring (bicyclic) bond motifs is 1. The van der Waals surface area contributed by atoms with Crippen molar-refractivity contribution in [2.45, 2.75) is 98.2 Å². The smallest absolute Gasteiger partial charge is 0.167 e. The zero-order chi connectivity index (χ0) is 23.2. The Kier molecular flexibility index (Phi) is 8.93. The van der Waals surface area contributed by atoms with Gasteiger partial charge in [0.05, 0.1) is 0 Å². The van der Waals surface area contributed by atoms with E-state index in [1.165, 1.54) is 5.57 Å². The molecule has 2 N–H and O–H groups in total. The molecule has 1 aliphatic heterocycles. The lowest BCUT2D eigenvalue weighted by Crippen LogP contribution is -2.36. The number of Topliss-reactive ketones (excluding diaryl/α,β-unsaturated/α-hetero) is 1. The van der Waals surface area contributed by atoms with E-state index in [4.69, 9.17) is 4.74 Å². The number of carbonyl (C=O) groups excluding carboxylic acids is 1. The van der Waals surface area contributed by atoms with Crippen molar-refractivity contribution in [1.29, 1.82) is 0 Å². The summed E-state index contributed by atoms with van der Waals surface area (Å²) in [5, 5.41) is 19.8. The molecule has 2 rings (SSSR count). The van der Waals surface area contributed by atoms with Gasteiger partial charge in [-0.15, -0.1) is 0 Å². The highest BCUT2D eigenvalue weighted by Gasteiger charge is 2.32. The standard InChI is InChI=1S/C27H40O4/c1-18(2)15-24(29)25(30)20(4)11-7-9-19(3)10-8-13-27(6)14-12-22-17-23(28)16-21(5)26(22)31-27/h10,15-17,20,24,28-29H,7-9,11-14H2,1-6H3/t20?,24-,27-/m1/s1. The number of ketones is 1. The molecule has 4 nitrogen and oxygen atoms in total. The Bertz CT molecular complexity index is 832. The van der Waals surface area contributed by atoms with Crippen molar-refractivity contribution < 1.29 is 19.7 Å². The second-order valence-electron chi connectivity index (χ2n) is 9.78. The zero-order valence-corrected chi connectivity index (χ0v) is 20.1. The first-order valence-corrected chi connectivity index (χ1v) is 11.5. The number of aliphatic hydroxyl groups excluding tert-OH is 1. The van der Waals surface area contributed by atoms with Gasteiger partial charge in [-0.25, -0.2) is 0 Å². The van der Waals surface area contributed by atoms with E-state index in [1.807, 2.05) is 33.8 Å². The quantitative estimate of drug-likeness (QED) is 0.435. The van der Waals surface area contributed by atoms with Gasteiger partial charge in [0, 0.05) is 5.92 Å². The fourth-order valence-electron chi connectivity index (χ4n) is 4.28. The van der Waals surface area contributed by atoms with Crippen molar-refractivity contribution >= 4 is 5.78 Å². The lowest BCUT2D eigenvalue weighted by molar-refractivity contribution is -0.128. The van der Waals surface area contributed by atoms with Gasteiger partial charge in [-0.2, -0.15) is 0 Å². The Morgan fingerprint density at radius 3 is 2.68 bits per heavy atom. The Balaban J connectivity index is 1.79. The summed E-state index contributed by atoms with van der Waals surface area (Å²) in [4.78, 5) is 12.2. The number of allylic oxidation sites excluding steroid dienone is 3. The van der Waals surface area contributed by atoms with Crippen LogP contribution < -0.4 is 4.74 Å². The van der Waals surface area contributed by atoms with Crippen LogP contribution in [0.5, 0.6) is 11.5 Å². The number of benzene rings is 1. The molecule has 1 aliphatic rings. The number of rotatable bonds is 10. The third-order valence-electron chi connectivity index (χ3n) is 6.25. The molecule has 0 saturated carbocycles. The average Bonchev–Trinajstić information content (AvgIpc) is 2.67. The Morgan fingerprint density at radius 1 is 1.29 bits per heavy atom. The maximum atomic E-state index is 12.2. The molecule has 0 bridgehead atoms. The number of aromatic hydroxyl groups is 1. The molecule has 1 aromatic carbocycles. The Labute approximate surface area is 188 Å². The Morgan fingerprint density at radius 2 is 2.00 bits per heavy atom. The first kappa shape index (κ1) is 25.2. The number of phenolic OH excluding ortho intramolecular Hbond substituents is 1. The molecule has 31 heavy (non-hydrogen) atoms. The van der Waals surface area contributed by atoms with Crippen LogP contribution >= 0.6 is 0 Å². The second kappa shape index (κ2) is 11.0. The van der Waals surface area contributed by atoms with Crippen molar-refractivity contribution in [3.63, 3.8) is 0 Å². The van der Waals surface area contributed by atoms with E-state index in [0.29, 0.717) is 5.75 Å². The molecule has 172 valence electrons. The van der Waals surface area contributed by atoms with Gasteiger partial charge < -0.3 is 14.9 Å². The highest BCUT2D eigenvalue weighted by atomic mass is 16.5. The molecule has 0 amide bonds. The molecule has 0 radical (unpaired) electrons. The van der Waals surface area contributed by atoms with Gasteiger partial charge in [-0.3, -0.25) is 4.79 Å². The maximum Gasteiger partial charge on any atom is 0.167 e. The van der Waals surface area contributed by atoms with E-state index in [0.717, 1.165) is 67.4 Å². The molecule has 4 heteroatoms. The third-order valence-corrected chi connectivity index (χ3v) is 6.25. The van der Waals surface area contributed by atoms with E-state index < -0.39 is 6.10 Å². The summed E-state index contributed by atoms with van der Waals surface area (Å²) in [7, 11) is 0. The number of aryl methyl sites for hydroxylation is 2. The molecule has 0 aromatic heterocycles. The van der Waals surface area contributed by atoms with E-state index >= 15 is 0 Å². The summed E-state index contributed by atoms with van der Waals surface area (Å²) in [6.45, 7) is 12.0. The lowest BCUT2D eigenvalue weighted by Gasteiger charge is -2.36. The van der Waals surface area contributed by atoms with Crippen LogP contribution in [0.3, 0.4) is 0 Å². The minimum absolute atomic E-state index is 0.0888. The van der Waals surface area contributed by atoms with Crippen LogP contribution in [0.25, 0.3) is 0 Å². The molecule has 0 spiro atoms. The van der Waals surface area contributed by atoms with Crippen LogP contribution in [0.4, 0.5) is 0 Å². The number of hydrogen-bond acceptors (Lipinski definition) is 4. The first-order chi connectivity index (χ1) is 14.5. The fourth-order valence-corrected chi connectivity index (χ4v) is 4.28. The SMILES string of the molecule is CC(C)=C[C@@H](O)C(=O)C(C)CCCC(C)=CCC[C@]1(C)CCc2cc(O)cc(C)c2O1. The van der Waals surface area contributed by atoms with Crippen LogP contribution in [0.2, 0.25) is 0 Å². The monoisotopic (exact) mass is 428 g/mol. The highest BCUT2D eigenvalue weighted by Crippen LogP contribution is 2.39. The summed E-state index contributed by atoms with van der Waals surface area (Å²) in [6, 6.07) is 3.58. The molecule has 1 heterocycles. The normalized spacial score (nSPS) is 20.4. The summed E-state index contributed by atoms with van der Waals surface area (Å²) < 4.78 is 6.37. The van der Waals surface area contributed by atoms with Gasteiger partial charge in [-0.1, -0.05) is 30.2 Å². The van der Waals surface area contributed by atoms with Crippen LogP contribution in [0.15, 0.2) is 35.4 Å². The summed E-state index contributed by atoms with van der Waals surface area (Å²) in [5.74, 6) is 1.02. The third kappa shape index (κ3) is 7.53. The van der Waals surface area contributed by atoms with Gasteiger partial charge in [0.25, 0.3) is 0 Å². The molecule has 1 unspecified atom stereocenters. The van der Waals surface area contributed by atoms with Crippen LogP contribution in [0, 0.1) is 12.8 Å². The predicted molar refractivity (Wildman–Crippen MR) is 127 cm³/mol. The van der Waals surface area contributed by atoms with Crippen molar-refractivity contribution in [1.82, 2.24) is 0 Å². The van der Waals surface area contributed by atoms with Gasteiger partial charge >= 0.3 is 0 Å². The molecular formula is C27H40O4. The predicted octanol–water partition coefficient (Wildman–Crippen LogP) is 6.21. The topological polar surface area (TPSA) is 66.8 Å². The van der Waals surface area contributed by atoms with Crippen molar-refractivity contribution in [3.8, 4) is 11.5 Å². The first-order valence-electron chi connectivity index (χ1n) is 11.5. The van der Waals surface area contributed by atoms with Gasteiger partial charge in [-0.05, 0) is 103 Å². The summed E-state index contributed by atoms with van der Waals surface area (Å²) >= 11 is 0. The van der Waals surface area contributed by atoms with Gasteiger partial charge in [0.15, 0.2) is 5.78 Å². The van der Waals surface area contributed by atoms with E-state index in [9.17, 15) is 15.0 Å². The largest absolute Gasteiger partial charge is 0.508 e. The number of hydrogen-bond donors (Lipinski definition) is 2. The highest BCUT2D eigenvalue weighted by molar-refractivity contribution is 5.86. The second-order valence-corrected chi connectivity index (χ2v) is 9.78. The zero-order valence-electron chi connectivity index (χ0n) is 20.1. The number of ether oxygens (including phenoxy) is 1. The molecule has 0 saturated heterocycles. The van der Waals surface area contributed by atoms with Gasteiger partial charge in [0.1, 0.15) is 23.2 Å². The van der Waals surface area contributed by atoms with Crippen LogP contribution in [0.1, 0.15) is 84.3 Å². The van der Waals surface area contributed by atoms with E-state index in [1.54, 1.807) is 12.1 Å². The fraction of sp³-hybridized carbons (Fsp3) is 0.593. The van der Waals surface area contributed by atoms with Crippen LogP contribution in [-0.4, -0.2) is 27.7 Å². The van der Waals surface area contributed by atoms with Crippen molar-refractivity contribution in [2.24, 2.45) is 5.92 Å². The summed E-state index contributed by atoms with van der Waals surface area (Å²) in [5.41, 5.74) is 4.20. The number of carbonyl (C=O) groups is 1. The lowest BCUT2D eigenvalue weighted by atomic mass is 9.87. The van der Waals surface area contributed by atoms with Crippen LogP contribution in [-0.2, 0) is 11.2 Å². The van der Waals surface area contributed by atoms with Crippen molar-refractivity contribution in [2.75, 3.05) is 0 Å².